The molecule has 1 saturated carbocycles. The first-order valence-corrected chi connectivity index (χ1v) is 6.81. The molecule has 1 aromatic rings. The molecule has 0 saturated heterocycles. The Morgan fingerprint density at radius 2 is 2.31 bits per heavy atom. The molecule has 1 aromatic heterocycles. The molecule has 0 radical (unpaired) electrons. The zero-order chi connectivity index (χ0) is 11.4. The van der Waals surface area contributed by atoms with Crippen LogP contribution in [0.3, 0.4) is 0 Å². The third kappa shape index (κ3) is 2.63. The first-order chi connectivity index (χ1) is 7.81. The van der Waals surface area contributed by atoms with Crippen LogP contribution >= 0.6 is 11.3 Å². The van der Waals surface area contributed by atoms with E-state index in [1.807, 2.05) is 0 Å². The van der Waals surface area contributed by atoms with E-state index >= 15 is 0 Å². The van der Waals surface area contributed by atoms with Gasteiger partial charge in [0.15, 0.2) is 0 Å². The molecule has 0 aliphatic heterocycles. The summed E-state index contributed by atoms with van der Waals surface area (Å²) < 4.78 is 0. The molecular formula is C13H18N2S. The van der Waals surface area contributed by atoms with Gasteiger partial charge in [-0.2, -0.15) is 5.26 Å². The third-order valence-electron chi connectivity index (χ3n) is 3.45. The molecule has 0 bridgehead atoms. The molecule has 2 atom stereocenters. The van der Waals surface area contributed by atoms with Gasteiger partial charge in [-0.1, -0.05) is 18.9 Å². The molecule has 1 aliphatic carbocycles. The van der Waals surface area contributed by atoms with Gasteiger partial charge in [-0.15, -0.1) is 11.3 Å². The maximum atomic E-state index is 9.16. The zero-order valence-corrected chi connectivity index (χ0v) is 10.5. The minimum absolute atomic E-state index is 0.235. The van der Waals surface area contributed by atoms with Gasteiger partial charge in [0.25, 0.3) is 0 Å². The molecule has 1 heterocycles. The summed E-state index contributed by atoms with van der Waals surface area (Å²) in [4.78, 5) is 3.75. The van der Waals surface area contributed by atoms with E-state index < -0.39 is 0 Å². The highest BCUT2D eigenvalue weighted by molar-refractivity contribution is 7.09. The topological polar surface area (TPSA) is 27.0 Å². The highest BCUT2D eigenvalue weighted by Crippen LogP contribution is 2.28. The third-order valence-corrected chi connectivity index (χ3v) is 4.31. The highest BCUT2D eigenvalue weighted by atomic mass is 32.1. The quantitative estimate of drug-likeness (QED) is 0.802. The first-order valence-electron chi connectivity index (χ1n) is 5.93. The SMILES string of the molecule is CN(Cc1cccs1)C1CCCCC1C#N. The fourth-order valence-electron chi connectivity index (χ4n) is 2.56. The number of thiophene rings is 1. The van der Waals surface area contributed by atoms with Crippen LogP contribution in [0.15, 0.2) is 17.5 Å². The van der Waals surface area contributed by atoms with Gasteiger partial charge in [0.2, 0.25) is 0 Å². The Morgan fingerprint density at radius 3 is 3.00 bits per heavy atom. The van der Waals surface area contributed by atoms with E-state index in [4.69, 9.17) is 5.26 Å². The number of rotatable bonds is 3. The molecule has 0 spiro atoms. The van der Waals surface area contributed by atoms with Crippen LogP contribution in [0.5, 0.6) is 0 Å². The van der Waals surface area contributed by atoms with Crippen molar-refractivity contribution in [2.75, 3.05) is 7.05 Å². The van der Waals surface area contributed by atoms with Gasteiger partial charge in [-0.3, -0.25) is 4.90 Å². The average molecular weight is 234 g/mol. The minimum Gasteiger partial charge on any atom is -0.297 e. The monoisotopic (exact) mass is 234 g/mol. The van der Waals surface area contributed by atoms with Gasteiger partial charge >= 0.3 is 0 Å². The van der Waals surface area contributed by atoms with Gasteiger partial charge in [-0.05, 0) is 31.3 Å². The van der Waals surface area contributed by atoms with Gasteiger partial charge in [-0.25, -0.2) is 0 Å². The van der Waals surface area contributed by atoms with Crippen molar-refractivity contribution in [3.8, 4) is 6.07 Å². The fraction of sp³-hybridized carbons (Fsp3) is 0.615. The lowest BCUT2D eigenvalue weighted by atomic mass is 9.84. The van der Waals surface area contributed by atoms with Crippen molar-refractivity contribution in [3.63, 3.8) is 0 Å². The van der Waals surface area contributed by atoms with Crippen molar-refractivity contribution in [2.45, 2.75) is 38.3 Å². The van der Waals surface area contributed by atoms with Crippen molar-refractivity contribution < 1.29 is 0 Å². The summed E-state index contributed by atoms with van der Waals surface area (Å²) in [6.07, 6.45) is 4.76. The zero-order valence-electron chi connectivity index (χ0n) is 9.72. The van der Waals surface area contributed by atoms with Crippen molar-refractivity contribution in [1.29, 1.82) is 5.26 Å². The van der Waals surface area contributed by atoms with Crippen LogP contribution in [0, 0.1) is 17.2 Å². The Morgan fingerprint density at radius 1 is 1.50 bits per heavy atom. The summed E-state index contributed by atoms with van der Waals surface area (Å²) >= 11 is 1.80. The summed E-state index contributed by atoms with van der Waals surface area (Å²) in [5.74, 6) is 0.235. The fourth-order valence-corrected chi connectivity index (χ4v) is 3.32. The van der Waals surface area contributed by atoms with Crippen LogP contribution in [0.25, 0.3) is 0 Å². The lowest BCUT2D eigenvalue weighted by Crippen LogP contribution is -2.38. The van der Waals surface area contributed by atoms with Crippen LogP contribution in [0.1, 0.15) is 30.6 Å². The highest BCUT2D eigenvalue weighted by Gasteiger charge is 2.28. The molecule has 0 aromatic carbocycles. The Bertz CT molecular complexity index is 353. The van der Waals surface area contributed by atoms with Crippen molar-refractivity contribution in [3.05, 3.63) is 22.4 Å². The van der Waals surface area contributed by atoms with E-state index in [0.717, 1.165) is 13.0 Å². The largest absolute Gasteiger partial charge is 0.297 e. The van der Waals surface area contributed by atoms with E-state index in [2.05, 4.69) is 35.5 Å². The number of nitriles is 1. The maximum absolute atomic E-state index is 9.16. The second-order valence-electron chi connectivity index (χ2n) is 4.58. The predicted molar refractivity (Wildman–Crippen MR) is 67.1 cm³/mol. The maximum Gasteiger partial charge on any atom is 0.0672 e. The molecule has 2 unspecified atom stereocenters. The van der Waals surface area contributed by atoms with Crippen molar-refractivity contribution in [2.24, 2.45) is 5.92 Å². The Kier molecular flexibility index (Phi) is 3.98. The van der Waals surface area contributed by atoms with Crippen LogP contribution in [0.4, 0.5) is 0 Å². The minimum atomic E-state index is 0.235. The van der Waals surface area contributed by atoms with Crippen molar-refractivity contribution in [1.82, 2.24) is 4.90 Å². The predicted octanol–water partition coefficient (Wildman–Crippen LogP) is 3.26. The molecule has 2 nitrogen and oxygen atoms in total. The second kappa shape index (κ2) is 5.47. The molecule has 0 amide bonds. The molecule has 3 heteroatoms. The standard InChI is InChI=1S/C13H18N2S/c1-15(10-12-6-4-8-16-12)13-7-3-2-5-11(13)9-14/h4,6,8,11,13H,2-3,5,7,10H2,1H3. The van der Waals surface area contributed by atoms with Gasteiger partial charge < -0.3 is 0 Å². The van der Waals surface area contributed by atoms with Crippen LogP contribution < -0.4 is 0 Å². The van der Waals surface area contributed by atoms with Crippen LogP contribution in [-0.2, 0) is 6.54 Å². The van der Waals surface area contributed by atoms with Gasteiger partial charge in [0.05, 0.1) is 12.0 Å². The summed E-state index contributed by atoms with van der Waals surface area (Å²) in [5.41, 5.74) is 0. The van der Waals surface area contributed by atoms with E-state index in [9.17, 15) is 0 Å². The first kappa shape index (κ1) is 11.6. The molecule has 2 rings (SSSR count). The smallest absolute Gasteiger partial charge is 0.0672 e. The van der Waals surface area contributed by atoms with Crippen LogP contribution in [-0.4, -0.2) is 18.0 Å². The summed E-state index contributed by atoms with van der Waals surface area (Å²) in [6, 6.07) is 7.20. The average Bonchev–Trinajstić information content (AvgIpc) is 2.81. The molecule has 1 fully saturated rings. The van der Waals surface area contributed by atoms with E-state index in [1.165, 1.54) is 24.1 Å². The Labute approximate surface area is 102 Å². The van der Waals surface area contributed by atoms with E-state index in [-0.39, 0.29) is 5.92 Å². The number of hydrogen-bond donors (Lipinski definition) is 0. The lowest BCUT2D eigenvalue weighted by Gasteiger charge is -2.34. The van der Waals surface area contributed by atoms with Crippen LogP contribution in [0.2, 0.25) is 0 Å². The molecule has 0 N–H and O–H groups in total. The lowest BCUT2D eigenvalue weighted by molar-refractivity contribution is 0.152. The van der Waals surface area contributed by atoms with Crippen molar-refractivity contribution >= 4 is 11.3 Å². The molecule has 86 valence electrons. The van der Waals surface area contributed by atoms with Gasteiger partial charge in [0, 0.05) is 17.5 Å². The molecule has 1 aliphatic rings. The summed E-state index contributed by atoms with van der Waals surface area (Å²) in [7, 11) is 2.15. The number of nitrogens with zero attached hydrogens (tertiary/aromatic N) is 2. The second-order valence-corrected chi connectivity index (χ2v) is 5.61. The Hall–Kier alpha value is -0.850. The molecular weight excluding hydrogens is 216 g/mol. The molecule has 16 heavy (non-hydrogen) atoms. The summed E-state index contributed by atoms with van der Waals surface area (Å²) in [6.45, 7) is 0.987. The summed E-state index contributed by atoms with van der Waals surface area (Å²) in [5, 5.41) is 11.3. The van der Waals surface area contributed by atoms with E-state index in [1.54, 1.807) is 11.3 Å². The number of hydrogen-bond acceptors (Lipinski definition) is 3. The normalized spacial score (nSPS) is 25.6. The Balaban J connectivity index is 1.97. The van der Waals surface area contributed by atoms with E-state index in [0.29, 0.717) is 6.04 Å². The van der Waals surface area contributed by atoms with Gasteiger partial charge in [0.1, 0.15) is 0 Å².